The lowest BCUT2D eigenvalue weighted by atomic mass is 9.96. The molecule has 1 aliphatic rings. The van der Waals surface area contributed by atoms with E-state index in [1.807, 2.05) is 13.8 Å². The summed E-state index contributed by atoms with van der Waals surface area (Å²) in [7, 11) is 2.95. The molecule has 31 heavy (non-hydrogen) atoms. The summed E-state index contributed by atoms with van der Waals surface area (Å²) in [6, 6.07) is 7.53. The second-order valence-corrected chi connectivity index (χ2v) is 7.26. The molecule has 164 valence electrons. The maximum absolute atomic E-state index is 13.0. The third-order valence-electron chi connectivity index (χ3n) is 4.99. The number of nitrogens with zero attached hydrogens (tertiary/aromatic N) is 2. The van der Waals surface area contributed by atoms with E-state index in [1.165, 1.54) is 19.1 Å². The molecule has 0 radical (unpaired) electrons. The number of Topliss-reactive ketones (excluding diaryl/α,β-unsaturated/α-hetero) is 1. The van der Waals surface area contributed by atoms with E-state index in [-0.39, 0.29) is 36.2 Å². The Hall–Kier alpha value is -3.39. The van der Waals surface area contributed by atoms with Gasteiger partial charge in [0.05, 0.1) is 44.1 Å². The fourth-order valence-electron chi connectivity index (χ4n) is 3.53. The summed E-state index contributed by atoms with van der Waals surface area (Å²) in [4.78, 5) is 31.4. The van der Waals surface area contributed by atoms with Crippen molar-refractivity contribution < 1.29 is 28.9 Å². The minimum absolute atomic E-state index is 0.0188. The fraction of sp³-hybridized carbons (Fsp3) is 0.348. The Morgan fingerprint density at radius 3 is 2.58 bits per heavy atom. The Balaban J connectivity index is 2.14. The summed E-state index contributed by atoms with van der Waals surface area (Å²) in [5.41, 5.74) is 0.830. The van der Waals surface area contributed by atoms with Crippen LogP contribution in [0.2, 0.25) is 0 Å². The Kier molecular flexibility index (Phi) is 6.91. The number of hydrogen-bond acceptors (Lipinski definition) is 7. The summed E-state index contributed by atoms with van der Waals surface area (Å²) in [6.07, 6.45) is 3.15. The highest BCUT2D eigenvalue weighted by Gasteiger charge is 2.46. The molecule has 0 bridgehead atoms. The van der Waals surface area contributed by atoms with Crippen LogP contribution in [0.15, 0.2) is 48.3 Å². The van der Waals surface area contributed by atoms with Crippen LogP contribution in [0.25, 0.3) is 5.76 Å². The molecule has 3 rings (SSSR count). The molecule has 1 aliphatic heterocycles. The third-order valence-corrected chi connectivity index (χ3v) is 4.99. The number of rotatable bonds is 8. The first kappa shape index (κ1) is 22.3. The highest BCUT2D eigenvalue weighted by molar-refractivity contribution is 6.46. The number of aliphatic hydroxyl groups is 1. The van der Waals surface area contributed by atoms with Crippen LogP contribution in [0.4, 0.5) is 0 Å². The number of likely N-dealkylation sites (tertiary alicyclic amines) is 1. The van der Waals surface area contributed by atoms with Crippen LogP contribution in [-0.4, -0.2) is 60.2 Å². The molecule has 1 aromatic heterocycles. The average Bonchev–Trinajstić information content (AvgIpc) is 3.03. The number of benzene rings is 1. The van der Waals surface area contributed by atoms with Gasteiger partial charge >= 0.3 is 0 Å². The van der Waals surface area contributed by atoms with Crippen molar-refractivity contribution in [2.75, 3.05) is 27.4 Å². The summed E-state index contributed by atoms with van der Waals surface area (Å²) in [5.74, 6) is -1.00. The number of amides is 1. The maximum Gasteiger partial charge on any atom is 0.295 e. The van der Waals surface area contributed by atoms with Crippen molar-refractivity contribution in [2.45, 2.75) is 26.0 Å². The molecule has 2 heterocycles. The standard InChI is InChI=1S/C23H26N2O6/c1-14(2)31-11-10-25-20(15-6-5-9-24-13-15)19(22(27)23(25)28)21(26)17-12-16(29-3)7-8-18(17)30-4/h5-9,12-14,20,26H,10-11H2,1-4H3/b21-19+. The van der Waals surface area contributed by atoms with Crippen LogP contribution in [-0.2, 0) is 14.3 Å². The van der Waals surface area contributed by atoms with E-state index >= 15 is 0 Å². The number of aromatic nitrogens is 1. The molecule has 1 saturated heterocycles. The molecule has 1 fully saturated rings. The normalized spacial score (nSPS) is 18.0. The Labute approximate surface area is 181 Å². The summed E-state index contributed by atoms with van der Waals surface area (Å²) in [6.45, 7) is 4.22. The van der Waals surface area contributed by atoms with E-state index in [2.05, 4.69) is 4.98 Å². The van der Waals surface area contributed by atoms with Crippen LogP contribution in [0.3, 0.4) is 0 Å². The van der Waals surface area contributed by atoms with Crippen molar-refractivity contribution in [3.63, 3.8) is 0 Å². The molecule has 0 saturated carbocycles. The van der Waals surface area contributed by atoms with E-state index < -0.39 is 17.7 Å². The van der Waals surface area contributed by atoms with Crippen molar-refractivity contribution in [1.82, 2.24) is 9.88 Å². The molecule has 0 aliphatic carbocycles. The van der Waals surface area contributed by atoms with Gasteiger partial charge in [-0.15, -0.1) is 0 Å². The maximum atomic E-state index is 13.0. The third kappa shape index (κ3) is 4.54. The number of aliphatic hydroxyl groups excluding tert-OH is 1. The fourth-order valence-corrected chi connectivity index (χ4v) is 3.53. The van der Waals surface area contributed by atoms with Gasteiger partial charge < -0.3 is 24.2 Å². The molecular weight excluding hydrogens is 400 g/mol. The first-order chi connectivity index (χ1) is 14.9. The Morgan fingerprint density at radius 1 is 1.19 bits per heavy atom. The van der Waals surface area contributed by atoms with Gasteiger partial charge in [-0.3, -0.25) is 14.6 Å². The molecule has 8 nitrogen and oxygen atoms in total. The minimum Gasteiger partial charge on any atom is -0.507 e. The summed E-state index contributed by atoms with van der Waals surface area (Å²) in [5, 5.41) is 11.2. The van der Waals surface area contributed by atoms with Gasteiger partial charge in [0.2, 0.25) is 0 Å². The molecule has 8 heteroatoms. The number of methoxy groups -OCH3 is 2. The summed E-state index contributed by atoms with van der Waals surface area (Å²) < 4.78 is 16.2. The van der Waals surface area contributed by atoms with Crippen molar-refractivity contribution in [1.29, 1.82) is 0 Å². The quantitative estimate of drug-likeness (QED) is 0.394. The zero-order valence-electron chi connectivity index (χ0n) is 18.0. The number of hydrogen-bond donors (Lipinski definition) is 1. The molecule has 1 amide bonds. The van der Waals surface area contributed by atoms with Gasteiger partial charge in [-0.25, -0.2) is 0 Å². The van der Waals surface area contributed by atoms with Crippen molar-refractivity contribution in [3.8, 4) is 11.5 Å². The first-order valence-electron chi connectivity index (χ1n) is 9.91. The largest absolute Gasteiger partial charge is 0.507 e. The lowest BCUT2D eigenvalue weighted by Crippen LogP contribution is -2.33. The van der Waals surface area contributed by atoms with E-state index in [0.29, 0.717) is 17.1 Å². The zero-order chi connectivity index (χ0) is 22.5. The van der Waals surface area contributed by atoms with E-state index in [9.17, 15) is 14.7 Å². The second kappa shape index (κ2) is 9.61. The van der Waals surface area contributed by atoms with Gasteiger partial charge in [0, 0.05) is 18.9 Å². The lowest BCUT2D eigenvalue weighted by Gasteiger charge is -2.25. The molecule has 0 spiro atoms. The molecule has 1 atom stereocenters. The van der Waals surface area contributed by atoms with Crippen molar-refractivity contribution in [2.24, 2.45) is 0 Å². The first-order valence-corrected chi connectivity index (χ1v) is 9.91. The minimum atomic E-state index is -0.805. The smallest absolute Gasteiger partial charge is 0.295 e. The Bertz CT molecular complexity index is 987. The zero-order valence-corrected chi connectivity index (χ0v) is 18.0. The van der Waals surface area contributed by atoms with Crippen LogP contribution in [0, 0.1) is 0 Å². The second-order valence-electron chi connectivity index (χ2n) is 7.26. The van der Waals surface area contributed by atoms with Crippen LogP contribution in [0.5, 0.6) is 11.5 Å². The molecule has 1 N–H and O–H groups in total. The van der Waals surface area contributed by atoms with Gasteiger partial charge in [-0.2, -0.15) is 0 Å². The van der Waals surface area contributed by atoms with Gasteiger partial charge in [-0.1, -0.05) is 6.07 Å². The van der Waals surface area contributed by atoms with E-state index in [4.69, 9.17) is 14.2 Å². The highest BCUT2D eigenvalue weighted by Crippen LogP contribution is 2.41. The molecule has 2 aromatic rings. The van der Waals surface area contributed by atoms with Gasteiger partial charge in [0.1, 0.15) is 17.3 Å². The van der Waals surface area contributed by atoms with Crippen LogP contribution >= 0.6 is 0 Å². The SMILES string of the molecule is COc1ccc(OC)c(/C(O)=C2\C(=O)C(=O)N(CCOC(C)C)C2c2cccnc2)c1. The van der Waals surface area contributed by atoms with Crippen molar-refractivity contribution in [3.05, 3.63) is 59.4 Å². The molecule has 1 unspecified atom stereocenters. The highest BCUT2D eigenvalue weighted by atomic mass is 16.5. The van der Waals surface area contributed by atoms with Crippen molar-refractivity contribution >= 4 is 17.4 Å². The van der Waals surface area contributed by atoms with Crippen LogP contribution < -0.4 is 9.47 Å². The summed E-state index contributed by atoms with van der Waals surface area (Å²) >= 11 is 0. The Morgan fingerprint density at radius 2 is 1.97 bits per heavy atom. The average molecular weight is 426 g/mol. The molecule has 1 aromatic carbocycles. The van der Waals surface area contributed by atoms with Crippen LogP contribution in [0.1, 0.15) is 31.0 Å². The molecular formula is C23H26N2O6. The topological polar surface area (TPSA) is 98.2 Å². The van der Waals surface area contributed by atoms with Gasteiger partial charge in [0.25, 0.3) is 11.7 Å². The monoisotopic (exact) mass is 426 g/mol. The predicted molar refractivity (Wildman–Crippen MR) is 114 cm³/mol. The number of carbonyl (C=O) groups is 2. The number of ether oxygens (including phenoxy) is 3. The van der Waals surface area contributed by atoms with Gasteiger partial charge in [-0.05, 0) is 43.7 Å². The van der Waals surface area contributed by atoms with E-state index in [1.54, 1.807) is 42.7 Å². The van der Waals surface area contributed by atoms with Gasteiger partial charge in [0.15, 0.2) is 0 Å². The number of ketones is 1. The lowest BCUT2D eigenvalue weighted by molar-refractivity contribution is -0.140. The number of carbonyl (C=O) groups excluding carboxylic acids is 2. The number of pyridine rings is 1. The van der Waals surface area contributed by atoms with E-state index in [0.717, 1.165) is 0 Å². The predicted octanol–water partition coefficient (Wildman–Crippen LogP) is 2.95.